The van der Waals surface area contributed by atoms with Gasteiger partial charge < -0.3 is 5.32 Å². The molecule has 0 saturated heterocycles. The second-order valence-electron chi connectivity index (χ2n) is 7.76. The lowest BCUT2D eigenvalue weighted by molar-refractivity contribution is -0.137. The smallest absolute Gasteiger partial charge is 0.358 e. The van der Waals surface area contributed by atoms with Gasteiger partial charge in [-0.15, -0.1) is 0 Å². The highest BCUT2D eigenvalue weighted by Crippen LogP contribution is 2.29. The maximum atomic E-state index is 13.9. The first-order chi connectivity index (χ1) is 15.7. The highest BCUT2D eigenvalue weighted by molar-refractivity contribution is 5.83. The SMILES string of the molecule is CNC(=O)[C@@H](N[C@H](CCc1ccc(C(F)(F)F)cn1)c1ccc(F)c(C)c1)c1ccccc1. The zero-order chi connectivity index (χ0) is 24.0. The van der Waals surface area contributed by atoms with E-state index in [-0.39, 0.29) is 17.8 Å². The van der Waals surface area contributed by atoms with Gasteiger partial charge in [0.25, 0.3) is 0 Å². The molecule has 2 N–H and O–H groups in total. The Morgan fingerprint density at radius 2 is 1.76 bits per heavy atom. The van der Waals surface area contributed by atoms with Gasteiger partial charge in [0.1, 0.15) is 11.9 Å². The van der Waals surface area contributed by atoms with Gasteiger partial charge >= 0.3 is 6.18 Å². The number of aromatic nitrogens is 1. The molecule has 0 spiro atoms. The van der Waals surface area contributed by atoms with E-state index < -0.39 is 17.8 Å². The van der Waals surface area contributed by atoms with Gasteiger partial charge in [-0.05, 0) is 54.7 Å². The number of hydrogen-bond acceptors (Lipinski definition) is 3. The van der Waals surface area contributed by atoms with Crippen LogP contribution in [0.2, 0.25) is 0 Å². The first-order valence-electron chi connectivity index (χ1n) is 10.5. The number of nitrogens with zero attached hydrogens (tertiary/aromatic N) is 1. The highest BCUT2D eigenvalue weighted by atomic mass is 19.4. The number of pyridine rings is 1. The van der Waals surface area contributed by atoms with Crippen molar-refractivity contribution in [3.63, 3.8) is 0 Å². The molecule has 0 radical (unpaired) electrons. The quantitative estimate of drug-likeness (QED) is 0.450. The van der Waals surface area contributed by atoms with E-state index in [0.29, 0.717) is 24.1 Å². The third kappa shape index (κ3) is 6.38. The molecule has 2 aromatic carbocycles. The number of nitrogens with one attached hydrogen (secondary N) is 2. The molecule has 1 aromatic heterocycles. The summed E-state index contributed by atoms with van der Waals surface area (Å²) in [6.07, 6.45) is -2.83. The van der Waals surface area contributed by atoms with Crippen molar-refractivity contribution in [2.75, 3.05) is 7.05 Å². The number of likely N-dealkylation sites (N-methyl/N-ethyl adjacent to an activating group) is 1. The molecular weight excluding hydrogens is 434 g/mol. The van der Waals surface area contributed by atoms with E-state index in [1.54, 1.807) is 26.1 Å². The summed E-state index contributed by atoms with van der Waals surface area (Å²) in [7, 11) is 1.54. The first-order valence-corrected chi connectivity index (χ1v) is 10.5. The summed E-state index contributed by atoms with van der Waals surface area (Å²) >= 11 is 0. The van der Waals surface area contributed by atoms with Crippen LogP contribution in [0.5, 0.6) is 0 Å². The fourth-order valence-electron chi connectivity index (χ4n) is 3.58. The Balaban J connectivity index is 1.87. The van der Waals surface area contributed by atoms with Gasteiger partial charge in [-0.1, -0.05) is 42.5 Å². The van der Waals surface area contributed by atoms with Gasteiger partial charge in [-0.3, -0.25) is 15.1 Å². The molecule has 3 aromatic rings. The van der Waals surface area contributed by atoms with E-state index in [0.717, 1.165) is 23.4 Å². The molecular formula is C25H25F4N3O. The standard InChI is InChI=1S/C25H25F4N3O/c1-16-14-18(8-12-21(16)26)22(13-11-20-10-9-19(15-31-20)25(27,28)29)32-23(24(33)30-2)17-6-4-3-5-7-17/h3-10,12,14-15,22-23,32H,11,13H2,1-2H3,(H,30,33)/t22-,23+/m1/s1. The number of alkyl halides is 3. The predicted octanol–water partition coefficient (Wildman–Crippen LogP) is 5.30. The number of benzene rings is 2. The minimum Gasteiger partial charge on any atom is -0.358 e. The van der Waals surface area contributed by atoms with Crippen molar-refractivity contribution in [1.82, 2.24) is 15.6 Å². The van der Waals surface area contributed by atoms with Gasteiger partial charge in [-0.25, -0.2) is 4.39 Å². The fourth-order valence-corrected chi connectivity index (χ4v) is 3.58. The van der Waals surface area contributed by atoms with Crippen molar-refractivity contribution in [2.24, 2.45) is 0 Å². The Morgan fingerprint density at radius 1 is 1.03 bits per heavy atom. The zero-order valence-corrected chi connectivity index (χ0v) is 18.3. The summed E-state index contributed by atoms with van der Waals surface area (Å²) in [4.78, 5) is 16.6. The van der Waals surface area contributed by atoms with Crippen LogP contribution in [0.3, 0.4) is 0 Å². The average molecular weight is 459 g/mol. The number of carbonyl (C=O) groups is 1. The number of aryl methyl sites for hydroxylation is 2. The second kappa shape index (κ2) is 10.6. The average Bonchev–Trinajstić information content (AvgIpc) is 2.81. The van der Waals surface area contributed by atoms with Gasteiger partial charge in [0.15, 0.2) is 0 Å². The molecule has 0 saturated carbocycles. The molecule has 8 heteroatoms. The molecule has 4 nitrogen and oxygen atoms in total. The first kappa shape index (κ1) is 24.4. The maximum Gasteiger partial charge on any atom is 0.417 e. The van der Waals surface area contributed by atoms with E-state index >= 15 is 0 Å². The van der Waals surface area contributed by atoms with E-state index in [2.05, 4.69) is 15.6 Å². The van der Waals surface area contributed by atoms with Gasteiger partial charge in [0.2, 0.25) is 5.91 Å². The van der Waals surface area contributed by atoms with Crippen LogP contribution in [0.1, 0.15) is 46.5 Å². The molecule has 1 heterocycles. The predicted molar refractivity (Wildman–Crippen MR) is 118 cm³/mol. The lowest BCUT2D eigenvalue weighted by Crippen LogP contribution is -2.38. The molecule has 0 bridgehead atoms. The number of hydrogen-bond donors (Lipinski definition) is 2. The monoisotopic (exact) mass is 459 g/mol. The number of amides is 1. The van der Waals surface area contributed by atoms with Crippen LogP contribution in [0.25, 0.3) is 0 Å². The van der Waals surface area contributed by atoms with Crippen molar-refractivity contribution < 1.29 is 22.4 Å². The van der Waals surface area contributed by atoms with E-state index in [4.69, 9.17) is 0 Å². The molecule has 2 atom stereocenters. The van der Waals surface area contributed by atoms with E-state index in [1.165, 1.54) is 12.1 Å². The van der Waals surface area contributed by atoms with Crippen molar-refractivity contribution in [3.8, 4) is 0 Å². The van der Waals surface area contributed by atoms with Gasteiger partial charge in [0.05, 0.1) is 5.56 Å². The molecule has 3 rings (SSSR count). The molecule has 174 valence electrons. The Labute approximate surface area is 190 Å². The third-order valence-electron chi connectivity index (χ3n) is 5.43. The van der Waals surface area contributed by atoms with Crippen LogP contribution >= 0.6 is 0 Å². The largest absolute Gasteiger partial charge is 0.417 e. The summed E-state index contributed by atoms with van der Waals surface area (Å²) < 4.78 is 52.3. The number of carbonyl (C=O) groups excluding carboxylic acids is 1. The fraction of sp³-hybridized carbons (Fsp3) is 0.280. The molecule has 1 amide bonds. The Bertz CT molecular complexity index is 1070. The lowest BCUT2D eigenvalue weighted by atomic mass is 9.96. The van der Waals surface area contributed by atoms with Crippen LogP contribution in [-0.2, 0) is 17.4 Å². The van der Waals surface area contributed by atoms with Crippen LogP contribution in [0.4, 0.5) is 17.6 Å². The molecule has 0 aliphatic carbocycles. The summed E-state index contributed by atoms with van der Waals surface area (Å²) in [5.74, 6) is -0.578. The molecule has 0 unspecified atom stereocenters. The van der Waals surface area contributed by atoms with Crippen LogP contribution in [0, 0.1) is 12.7 Å². The summed E-state index contributed by atoms with van der Waals surface area (Å²) in [5.41, 5.74) is 1.67. The van der Waals surface area contributed by atoms with Crippen molar-refractivity contribution in [2.45, 2.75) is 38.0 Å². The van der Waals surface area contributed by atoms with Crippen LogP contribution < -0.4 is 10.6 Å². The Hall–Kier alpha value is -3.26. The Morgan fingerprint density at radius 3 is 2.33 bits per heavy atom. The van der Waals surface area contributed by atoms with Crippen LogP contribution in [-0.4, -0.2) is 17.9 Å². The topological polar surface area (TPSA) is 54.0 Å². The molecule has 33 heavy (non-hydrogen) atoms. The Kier molecular flexibility index (Phi) is 7.81. The number of halogens is 4. The second-order valence-corrected chi connectivity index (χ2v) is 7.76. The molecule has 0 aliphatic rings. The molecule has 0 aliphatic heterocycles. The van der Waals surface area contributed by atoms with E-state index in [1.807, 2.05) is 30.3 Å². The third-order valence-corrected chi connectivity index (χ3v) is 5.43. The summed E-state index contributed by atoms with van der Waals surface area (Å²) in [5, 5.41) is 6.00. The minimum atomic E-state index is -4.45. The van der Waals surface area contributed by atoms with Gasteiger partial charge in [0, 0.05) is 25.0 Å². The normalized spacial score (nSPS) is 13.4. The minimum absolute atomic E-state index is 0.238. The van der Waals surface area contributed by atoms with Crippen molar-refractivity contribution >= 4 is 5.91 Å². The number of rotatable bonds is 8. The maximum absolute atomic E-state index is 13.9. The van der Waals surface area contributed by atoms with Crippen molar-refractivity contribution in [1.29, 1.82) is 0 Å². The van der Waals surface area contributed by atoms with Crippen molar-refractivity contribution in [3.05, 3.63) is 101 Å². The van der Waals surface area contributed by atoms with E-state index in [9.17, 15) is 22.4 Å². The summed E-state index contributed by atoms with van der Waals surface area (Å²) in [6.45, 7) is 1.65. The lowest BCUT2D eigenvalue weighted by Gasteiger charge is -2.26. The summed E-state index contributed by atoms with van der Waals surface area (Å²) in [6, 6.07) is 15.2. The zero-order valence-electron chi connectivity index (χ0n) is 18.3. The van der Waals surface area contributed by atoms with Gasteiger partial charge in [-0.2, -0.15) is 13.2 Å². The highest BCUT2D eigenvalue weighted by Gasteiger charge is 2.30. The van der Waals surface area contributed by atoms with Crippen LogP contribution in [0.15, 0.2) is 66.9 Å². The molecule has 0 fully saturated rings.